The van der Waals surface area contributed by atoms with E-state index < -0.39 is 11.4 Å². The summed E-state index contributed by atoms with van der Waals surface area (Å²) in [6.07, 6.45) is 2.51. The zero-order chi connectivity index (χ0) is 16.3. The lowest BCUT2D eigenvalue weighted by atomic mass is 9.92. The Kier molecular flexibility index (Phi) is 5.24. The van der Waals surface area contributed by atoms with Crippen molar-refractivity contribution in [3.8, 4) is 5.75 Å². The molecule has 1 aliphatic heterocycles. The highest BCUT2D eigenvalue weighted by Gasteiger charge is 2.22. The predicted octanol–water partition coefficient (Wildman–Crippen LogP) is 1.51. The molecule has 122 valence electrons. The zero-order valence-electron chi connectivity index (χ0n) is 13.2. The largest absolute Gasteiger partial charge is 0.503 e. The van der Waals surface area contributed by atoms with Gasteiger partial charge in [-0.3, -0.25) is 14.5 Å². The molecule has 6 nitrogen and oxygen atoms in total. The topological polar surface area (TPSA) is 82.8 Å². The summed E-state index contributed by atoms with van der Waals surface area (Å²) in [5.41, 5.74) is 0.338. The van der Waals surface area contributed by atoms with E-state index in [-0.39, 0.29) is 18.7 Å². The lowest BCUT2D eigenvalue weighted by Crippen LogP contribution is -2.39. The lowest BCUT2D eigenvalue weighted by molar-refractivity contribution is -0.137. The summed E-state index contributed by atoms with van der Waals surface area (Å²) in [4.78, 5) is 24.8. The van der Waals surface area contributed by atoms with Crippen molar-refractivity contribution in [3.63, 3.8) is 0 Å². The van der Waals surface area contributed by atoms with Crippen molar-refractivity contribution in [1.29, 1.82) is 0 Å². The number of likely N-dealkylation sites (tertiary alicyclic amines) is 1. The van der Waals surface area contributed by atoms with Crippen LogP contribution in [0.1, 0.15) is 32.4 Å². The van der Waals surface area contributed by atoms with Crippen LogP contribution in [0.15, 0.2) is 17.1 Å². The molecule has 2 N–H and O–H groups in total. The number of aromatic hydroxyl groups is 1. The molecule has 2 unspecified atom stereocenters. The molecule has 0 amide bonds. The Bertz CT molecular complexity index is 586. The van der Waals surface area contributed by atoms with Crippen molar-refractivity contribution in [2.45, 2.75) is 39.8 Å². The molecule has 2 atom stereocenters. The Labute approximate surface area is 130 Å². The summed E-state index contributed by atoms with van der Waals surface area (Å²) in [6.45, 7) is 7.23. The average Bonchev–Trinajstić information content (AvgIpc) is 2.39. The van der Waals surface area contributed by atoms with E-state index in [1.54, 1.807) is 4.57 Å². The van der Waals surface area contributed by atoms with Gasteiger partial charge in [0.1, 0.15) is 0 Å². The molecule has 6 heteroatoms. The first-order valence-corrected chi connectivity index (χ1v) is 7.71. The molecular weight excluding hydrogens is 284 g/mol. The quantitative estimate of drug-likeness (QED) is 0.861. The monoisotopic (exact) mass is 308 g/mol. The number of hydrogen-bond acceptors (Lipinski definition) is 4. The van der Waals surface area contributed by atoms with Crippen molar-refractivity contribution in [3.05, 3.63) is 28.2 Å². The van der Waals surface area contributed by atoms with Crippen molar-refractivity contribution in [2.24, 2.45) is 11.8 Å². The highest BCUT2D eigenvalue weighted by Crippen LogP contribution is 2.22. The number of carbonyl (C=O) groups is 1. The van der Waals surface area contributed by atoms with E-state index in [1.165, 1.54) is 18.7 Å². The van der Waals surface area contributed by atoms with Crippen LogP contribution in [0.3, 0.4) is 0 Å². The van der Waals surface area contributed by atoms with Crippen LogP contribution in [0.5, 0.6) is 5.75 Å². The zero-order valence-corrected chi connectivity index (χ0v) is 13.2. The van der Waals surface area contributed by atoms with Crippen LogP contribution in [0.4, 0.5) is 0 Å². The SMILES string of the molecule is CC1CC(C)CN(Cc2cc(=O)c(O)cn2CCC(=O)O)C1. The molecule has 1 aromatic rings. The fraction of sp³-hybridized carbons (Fsp3) is 0.625. The summed E-state index contributed by atoms with van der Waals surface area (Å²) in [5.74, 6) is -0.0148. The Morgan fingerprint density at radius 1 is 1.32 bits per heavy atom. The van der Waals surface area contributed by atoms with Crippen LogP contribution >= 0.6 is 0 Å². The van der Waals surface area contributed by atoms with Crippen molar-refractivity contribution in [1.82, 2.24) is 9.47 Å². The second-order valence-electron chi connectivity index (χ2n) is 6.49. The van der Waals surface area contributed by atoms with E-state index in [0.717, 1.165) is 18.8 Å². The Morgan fingerprint density at radius 2 is 1.95 bits per heavy atom. The molecule has 0 aliphatic carbocycles. The van der Waals surface area contributed by atoms with Gasteiger partial charge in [-0.1, -0.05) is 13.8 Å². The predicted molar refractivity (Wildman–Crippen MR) is 82.8 cm³/mol. The molecule has 0 saturated carbocycles. The number of carboxylic acid groups (broad SMARTS) is 1. The van der Waals surface area contributed by atoms with Crippen LogP contribution < -0.4 is 5.43 Å². The van der Waals surface area contributed by atoms with Gasteiger partial charge in [-0.05, 0) is 18.3 Å². The van der Waals surface area contributed by atoms with Crippen LogP contribution in [-0.4, -0.2) is 38.7 Å². The first-order valence-electron chi connectivity index (χ1n) is 7.71. The van der Waals surface area contributed by atoms with Crippen LogP contribution in [0, 0.1) is 11.8 Å². The van der Waals surface area contributed by atoms with Gasteiger partial charge < -0.3 is 14.8 Å². The van der Waals surface area contributed by atoms with Gasteiger partial charge in [-0.2, -0.15) is 0 Å². The molecule has 1 fully saturated rings. The third-order valence-corrected chi connectivity index (χ3v) is 4.09. The van der Waals surface area contributed by atoms with Gasteiger partial charge in [0.2, 0.25) is 5.43 Å². The van der Waals surface area contributed by atoms with Crippen LogP contribution in [0.25, 0.3) is 0 Å². The Hall–Kier alpha value is -1.82. The van der Waals surface area contributed by atoms with E-state index in [0.29, 0.717) is 18.4 Å². The van der Waals surface area contributed by atoms with Gasteiger partial charge in [0.25, 0.3) is 0 Å². The molecule has 1 aromatic heterocycles. The molecule has 0 radical (unpaired) electrons. The van der Waals surface area contributed by atoms with E-state index in [9.17, 15) is 14.7 Å². The molecule has 0 aromatic carbocycles. The lowest BCUT2D eigenvalue weighted by Gasteiger charge is -2.35. The number of pyridine rings is 1. The van der Waals surface area contributed by atoms with Gasteiger partial charge >= 0.3 is 5.97 Å². The summed E-state index contributed by atoms with van der Waals surface area (Å²) in [7, 11) is 0. The highest BCUT2D eigenvalue weighted by molar-refractivity contribution is 5.66. The number of aliphatic carboxylic acids is 1. The molecule has 2 rings (SSSR count). The van der Waals surface area contributed by atoms with Gasteiger partial charge in [-0.15, -0.1) is 0 Å². The maximum absolute atomic E-state index is 11.7. The van der Waals surface area contributed by atoms with Crippen molar-refractivity contribution < 1.29 is 15.0 Å². The second-order valence-corrected chi connectivity index (χ2v) is 6.49. The minimum atomic E-state index is -0.899. The Morgan fingerprint density at radius 3 is 2.55 bits per heavy atom. The number of rotatable bonds is 5. The number of aryl methyl sites for hydroxylation is 1. The number of nitrogens with zero attached hydrogens (tertiary/aromatic N) is 2. The Balaban J connectivity index is 2.19. The standard InChI is InChI=1S/C16H24N2O4/c1-11-5-12(2)8-17(7-11)9-13-6-14(19)15(20)10-18(13)4-3-16(21)22/h6,10-12,20H,3-5,7-9H2,1-2H3,(H,21,22). The van der Waals surface area contributed by atoms with E-state index >= 15 is 0 Å². The average molecular weight is 308 g/mol. The first-order chi connectivity index (χ1) is 10.3. The van der Waals surface area contributed by atoms with Crippen LogP contribution in [-0.2, 0) is 17.9 Å². The fourth-order valence-corrected chi connectivity index (χ4v) is 3.31. The van der Waals surface area contributed by atoms with Gasteiger partial charge in [0, 0.05) is 37.9 Å². The summed E-state index contributed by atoms with van der Waals surface area (Å²) < 4.78 is 1.68. The maximum Gasteiger partial charge on any atom is 0.305 e. The van der Waals surface area contributed by atoms with E-state index in [2.05, 4.69) is 18.7 Å². The molecular formula is C16H24N2O4. The third-order valence-electron chi connectivity index (χ3n) is 4.09. The van der Waals surface area contributed by atoms with Gasteiger partial charge in [0.15, 0.2) is 5.75 Å². The highest BCUT2D eigenvalue weighted by atomic mass is 16.4. The minimum Gasteiger partial charge on any atom is -0.503 e. The summed E-state index contributed by atoms with van der Waals surface area (Å²) in [6, 6.07) is 1.42. The third kappa shape index (κ3) is 4.34. The molecule has 0 bridgehead atoms. The summed E-state index contributed by atoms with van der Waals surface area (Å²) >= 11 is 0. The van der Waals surface area contributed by atoms with E-state index in [4.69, 9.17) is 5.11 Å². The van der Waals surface area contributed by atoms with Crippen molar-refractivity contribution >= 4 is 5.97 Å². The van der Waals surface area contributed by atoms with E-state index in [1.807, 2.05) is 0 Å². The number of aromatic nitrogens is 1. The van der Waals surface area contributed by atoms with Gasteiger partial charge in [0.05, 0.1) is 12.6 Å². The maximum atomic E-state index is 11.7. The molecule has 1 aliphatic rings. The smallest absolute Gasteiger partial charge is 0.305 e. The first kappa shape index (κ1) is 16.5. The number of piperidine rings is 1. The molecule has 2 heterocycles. The molecule has 1 saturated heterocycles. The normalized spacial score (nSPS) is 22.6. The minimum absolute atomic E-state index is 0.0396. The number of carboxylic acids is 1. The van der Waals surface area contributed by atoms with Crippen molar-refractivity contribution in [2.75, 3.05) is 13.1 Å². The number of hydrogen-bond donors (Lipinski definition) is 2. The molecule has 22 heavy (non-hydrogen) atoms. The summed E-state index contributed by atoms with van der Waals surface area (Å²) in [5, 5.41) is 18.4. The van der Waals surface area contributed by atoms with Gasteiger partial charge in [-0.25, -0.2) is 0 Å². The second kappa shape index (κ2) is 6.96. The molecule has 0 spiro atoms. The fourth-order valence-electron chi connectivity index (χ4n) is 3.31. The van der Waals surface area contributed by atoms with Crippen LogP contribution in [0.2, 0.25) is 0 Å².